The molecule has 188 valence electrons. The summed E-state index contributed by atoms with van der Waals surface area (Å²) in [6, 6.07) is 28.0. The summed E-state index contributed by atoms with van der Waals surface area (Å²) in [6.45, 7) is 5.53. The number of nitrogens with zero attached hydrogens (tertiary/aromatic N) is 1. The van der Waals surface area contributed by atoms with E-state index in [0.29, 0.717) is 25.4 Å². The summed E-state index contributed by atoms with van der Waals surface area (Å²) in [5.74, 6) is 0.437. The number of benzene rings is 3. The molecule has 0 amide bonds. The fraction of sp³-hybridized carbons (Fsp3) is 0.300. The molecule has 6 nitrogen and oxygen atoms in total. The molecule has 4 aromatic rings. The first-order chi connectivity index (χ1) is 17.5. The number of nitrogens with one attached hydrogen (secondary N) is 1. The van der Waals surface area contributed by atoms with Gasteiger partial charge in [0.1, 0.15) is 24.2 Å². The molecule has 1 heterocycles. The van der Waals surface area contributed by atoms with Gasteiger partial charge in [0, 0.05) is 30.0 Å². The van der Waals surface area contributed by atoms with Gasteiger partial charge in [0.15, 0.2) is 0 Å². The number of aliphatic hydroxyl groups is 1. The minimum absolute atomic E-state index is 0.157. The van der Waals surface area contributed by atoms with Crippen LogP contribution in [-0.4, -0.2) is 47.5 Å². The number of carbonyl (C=O) groups excluding carboxylic acids is 1. The number of aromatic nitrogens is 1. The van der Waals surface area contributed by atoms with Gasteiger partial charge in [-0.25, -0.2) is 4.79 Å². The van der Waals surface area contributed by atoms with Crippen LogP contribution in [-0.2, 0) is 17.7 Å². The van der Waals surface area contributed by atoms with Crippen LogP contribution in [0.5, 0.6) is 5.75 Å². The first kappa shape index (κ1) is 25.5. The minimum atomic E-state index is -0.603. The number of hydrogen-bond donors (Lipinski definition) is 2. The monoisotopic (exact) mass is 486 g/mol. The molecule has 3 aromatic carbocycles. The van der Waals surface area contributed by atoms with Crippen LogP contribution in [0.25, 0.3) is 10.9 Å². The molecule has 0 radical (unpaired) electrons. The summed E-state index contributed by atoms with van der Waals surface area (Å²) < 4.78 is 13.0. The number of esters is 1. The maximum absolute atomic E-state index is 12.7. The van der Waals surface area contributed by atoms with E-state index in [1.165, 1.54) is 0 Å². The molecule has 0 spiro atoms. The van der Waals surface area contributed by atoms with Gasteiger partial charge in [0.05, 0.1) is 6.61 Å². The van der Waals surface area contributed by atoms with Crippen LogP contribution in [0.2, 0.25) is 0 Å². The van der Waals surface area contributed by atoms with Crippen molar-refractivity contribution in [3.05, 3.63) is 102 Å². The van der Waals surface area contributed by atoms with E-state index in [1.54, 1.807) is 0 Å². The van der Waals surface area contributed by atoms with Gasteiger partial charge in [-0.05, 0) is 61.7 Å². The van der Waals surface area contributed by atoms with Gasteiger partial charge < -0.3 is 24.5 Å². The highest BCUT2D eigenvalue weighted by Crippen LogP contribution is 2.24. The number of hydrogen-bond acceptors (Lipinski definition) is 5. The zero-order valence-electron chi connectivity index (χ0n) is 20.9. The summed E-state index contributed by atoms with van der Waals surface area (Å²) in [5.41, 5.74) is 3.84. The molecule has 1 aromatic heterocycles. The fourth-order valence-corrected chi connectivity index (χ4v) is 4.29. The van der Waals surface area contributed by atoms with Gasteiger partial charge in [0.25, 0.3) is 0 Å². The van der Waals surface area contributed by atoms with Gasteiger partial charge in [-0.1, -0.05) is 54.6 Å². The summed E-state index contributed by atoms with van der Waals surface area (Å²) >= 11 is 0. The Hall–Kier alpha value is -3.61. The van der Waals surface area contributed by atoms with Crippen molar-refractivity contribution < 1.29 is 19.4 Å². The summed E-state index contributed by atoms with van der Waals surface area (Å²) in [7, 11) is 0. The van der Waals surface area contributed by atoms with Crippen molar-refractivity contribution >= 4 is 16.9 Å². The van der Waals surface area contributed by atoms with Crippen molar-refractivity contribution in [1.29, 1.82) is 0 Å². The van der Waals surface area contributed by atoms with Crippen molar-refractivity contribution in [2.45, 2.75) is 39.0 Å². The number of para-hydroxylation sites is 1. The Balaban J connectivity index is 1.41. The standard InChI is InChI=1S/C30H34N2O4/c1-3-35-30(34)29-18-25-17-24(14-15-28(25)32(29)20-23-10-6-4-7-11-23)16-22(2)31-19-26(33)21-36-27-12-8-5-9-13-27/h4-15,17-18,22,26,31,33H,3,16,19-21H2,1-2H3/t22?,26-/m0/s1. The average molecular weight is 487 g/mol. The van der Waals surface area contributed by atoms with E-state index in [4.69, 9.17) is 9.47 Å². The van der Waals surface area contributed by atoms with E-state index < -0.39 is 6.10 Å². The maximum Gasteiger partial charge on any atom is 0.354 e. The SMILES string of the molecule is CCOC(=O)c1cc2cc(CC(C)NC[C@H](O)COc3ccccc3)ccc2n1Cc1ccccc1. The van der Waals surface area contributed by atoms with Crippen molar-refractivity contribution in [1.82, 2.24) is 9.88 Å². The Morgan fingerprint density at radius 1 is 0.972 bits per heavy atom. The second-order valence-corrected chi connectivity index (χ2v) is 9.01. The maximum atomic E-state index is 12.7. The Labute approximate surface area is 212 Å². The first-order valence-electron chi connectivity index (χ1n) is 12.5. The summed E-state index contributed by atoms with van der Waals surface area (Å²) in [6.07, 6.45) is 0.190. The van der Waals surface area contributed by atoms with E-state index in [-0.39, 0.29) is 18.6 Å². The molecule has 0 saturated heterocycles. The van der Waals surface area contributed by atoms with E-state index in [9.17, 15) is 9.90 Å². The lowest BCUT2D eigenvalue weighted by molar-refractivity contribution is 0.0515. The molecule has 0 bridgehead atoms. The quantitative estimate of drug-likeness (QED) is 0.281. The normalized spacial score (nSPS) is 12.9. The zero-order chi connectivity index (χ0) is 25.3. The molecule has 2 atom stereocenters. The number of carbonyl (C=O) groups is 1. The van der Waals surface area contributed by atoms with Gasteiger partial charge in [-0.15, -0.1) is 0 Å². The predicted molar refractivity (Wildman–Crippen MR) is 143 cm³/mol. The molecular formula is C30H34N2O4. The fourth-order valence-electron chi connectivity index (χ4n) is 4.29. The average Bonchev–Trinajstić information content (AvgIpc) is 3.25. The molecule has 0 aliphatic heterocycles. The molecule has 0 saturated carbocycles. The highest BCUT2D eigenvalue weighted by atomic mass is 16.5. The topological polar surface area (TPSA) is 72.7 Å². The minimum Gasteiger partial charge on any atom is -0.491 e. The van der Waals surface area contributed by atoms with Gasteiger partial charge in [0.2, 0.25) is 0 Å². The Bertz CT molecular complexity index is 1250. The largest absolute Gasteiger partial charge is 0.491 e. The molecule has 4 rings (SSSR count). The van der Waals surface area contributed by atoms with E-state index in [2.05, 4.69) is 42.6 Å². The highest BCUT2D eigenvalue weighted by molar-refractivity contribution is 5.96. The van der Waals surface area contributed by atoms with Crippen molar-refractivity contribution in [2.24, 2.45) is 0 Å². The van der Waals surface area contributed by atoms with Gasteiger partial charge in [-0.2, -0.15) is 0 Å². The molecule has 0 aliphatic rings. The first-order valence-corrected chi connectivity index (χ1v) is 12.5. The molecule has 0 fully saturated rings. The zero-order valence-corrected chi connectivity index (χ0v) is 20.9. The molecule has 1 unspecified atom stereocenters. The third-order valence-corrected chi connectivity index (χ3v) is 6.06. The smallest absolute Gasteiger partial charge is 0.354 e. The third-order valence-electron chi connectivity index (χ3n) is 6.06. The van der Waals surface area contributed by atoms with Crippen molar-refractivity contribution in [3.8, 4) is 5.75 Å². The second-order valence-electron chi connectivity index (χ2n) is 9.01. The van der Waals surface area contributed by atoms with Crippen LogP contribution in [0.15, 0.2) is 84.9 Å². The Morgan fingerprint density at radius 3 is 2.42 bits per heavy atom. The van der Waals surface area contributed by atoms with Crippen LogP contribution >= 0.6 is 0 Å². The number of aliphatic hydroxyl groups excluding tert-OH is 1. The summed E-state index contributed by atoms with van der Waals surface area (Å²) in [5, 5.41) is 14.7. The lowest BCUT2D eigenvalue weighted by atomic mass is 10.0. The Kier molecular flexibility index (Phi) is 8.76. The van der Waals surface area contributed by atoms with Crippen LogP contribution in [0.4, 0.5) is 0 Å². The van der Waals surface area contributed by atoms with Crippen LogP contribution in [0.3, 0.4) is 0 Å². The van der Waals surface area contributed by atoms with Crippen molar-refractivity contribution in [3.63, 3.8) is 0 Å². The highest BCUT2D eigenvalue weighted by Gasteiger charge is 2.18. The van der Waals surface area contributed by atoms with Crippen LogP contribution in [0, 0.1) is 0 Å². The number of fused-ring (bicyclic) bond motifs is 1. The van der Waals surface area contributed by atoms with Gasteiger partial charge >= 0.3 is 5.97 Å². The van der Waals surface area contributed by atoms with Crippen LogP contribution in [0.1, 0.15) is 35.5 Å². The van der Waals surface area contributed by atoms with Crippen LogP contribution < -0.4 is 10.1 Å². The van der Waals surface area contributed by atoms with E-state index >= 15 is 0 Å². The molecule has 0 aliphatic carbocycles. The van der Waals surface area contributed by atoms with E-state index in [1.807, 2.05) is 66.1 Å². The second kappa shape index (κ2) is 12.4. The summed E-state index contributed by atoms with van der Waals surface area (Å²) in [4.78, 5) is 12.7. The van der Waals surface area contributed by atoms with Gasteiger partial charge in [-0.3, -0.25) is 0 Å². The number of rotatable bonds is 12. The Morgan fingerprint density at radius 2 is 1.69 bits per heavy atom. The number of ether oxygens (including phenoxy) is 2. The van der Waals surface area contributed by atoms with E-state index in [0.717, 1.165) is 34.2 Å². The molecule has 36 heavy (non-hydrogen) atoms. The molecule has 6 heteroatoms. The third kappa shape index (κ3) is 6.74. The van der Waals surface area contributed by atoms with Crippen molar-refractivity contribution in [2.75, 3.05) is 19.8 Å². The molecule has 2 N–H and O–H groups in total. The predicted octanol–water partition coefficient (Wildman–Crippen LogP) is 4.83. The lowest BCUT2D eigenvalue weighted by Crippen LogP contribution is -2.37. The molecular weight excluding hydrogens is 452 g/mol. The lowest BCUT2D eigenvalue weighted by Gasteiger charge is -2.18.